The zero-order valence-electron chi connectivity index (χ0n) is 12.5. The van der Waals surface area contributed by atoms with E-state index in [0.717, 1.165) is 45.0 Å². The Hall–Kier alpha value is -1.30. The second-order valence-electron chi connectivity index (χ2n) is 4.57. The van der Waals surface area contributed by atoms with Crippen molar-refractivity contribution in [2.75, 3.05) is 59.4 Å². The van der Waals surface area contributed by atoms with E-state index in [1.165, 1.54) is 0 Å². The van der Waals surface area contributed by atoms with Crippen LogP contribution in [0.3, 0.4) is 0 Å². The minimum absolute atomic E-state index is 0.616. The normalized spacial score (nSPS) is 10.9. The topological polar surface area (TPSA) is 57.0 Å². The maximum Gasteiger partial charge on any atom is 0.142 e. The Morgan fingerprint density at radius 3 is 2.35 bits per heavy atom. The first kappa shape index (κ1) is 16.8. The van der Waals surface area contributed by atoms with Crippen molar-refractivity contribution in [3.63, 3.8) is 0 Å². The number of rotatable bonds is 11. The number of ether oxygens (including phenoxy) is 3. The summed E-state index contributed by atoms with van der Waals surface area (Å²) in [5.74, 6) is 0.746. The SMILES string of the molecule is COCCCN(CCOC)CCOc1ccccc1N. The van der Waals surface area contributed by atoms with Gasteiger partial charge >= 0.3 is 0 Å². The van der Waals surface area contributed by atoms with Crippen molar-refractivity contribution >= 4 is 5.69 Å². The molecule has 0 unspecified atom stereocenters. The number of nitrogen functional groups attached to an aromatic ring is 1. The number of hydrogen-bond acceptors (Lipinski definition) is 5. The van der Waals surface area contributed by atoms with Crippen LogP contribution in [0.15, 0.2) is 24.3 Å². The van der Waals surface area contributed by atoms with Gasteiger partial charge in [-0.15, -0.1) is 0 Å². The highest BCUT2D eigenvalue weighted by Crippen LogP contribution is 2.19. The molecule has 0 amide bonds. The van der Waals surface area contributed by atoms with Crippen molar-refractivity contribution in [3.8, 4) is 5.75 Å². The maximum absolute atomic E-state index is 5.84. The average Bonchev–Trinajstić information content (AvgIpc) is 2.46. The number of nitrogens with two attached hydrogens (primary N) is 1. The van der Waals surface area contributed by atoms with E-state index in [1.807, 2.05) is 24.3 Å². The average molecular weight is 282 g/mol. The summed E-state index contributed by atoms with van der Waals surface area (Å²) in [4.78, 5) is 2.31. The minimum atomic E-state index is 0.616. The standard InChI is InChI=1S/C15H26N2O3/c1-18-11-5-8-17(9-12-19-2)10-13-20-15-7-4-3-6-14(15)16/h3-4,6-7H,5,8-13,16H2,1-2H3. The van der Waals surface area contributed by atoms with Crippen LogP contribution in [0.1, 0.15) is 6.42 Å². The van der Waals surface area contributed by atoms with Crippen LogP contribution in [-0.2, 0) is 9.47 Å². The van der Waals surface area contributed by atoms with Gasteiger partial charge in [-0.3, -0.25) is 4.90 Å². The van der Waals surface area contributed by atoms with Crippen LogP contribution in [0.5, 0.6) is 5.75 Å². The highest BCUT2D eigenvalue weighted by Gasteiger charge is 2.05. The van der Waals surface area contributed by atoms with Crippen molar-refractivity contribution < 1.29 is 14.2 Å². The van der Waals surface area contributed by atoms with Crippen LogP contribution in [-0.4, -0.2) is 58.6 Å². The monoisotopic (exact) mass is 282 g/mol. The number of hydrogen-bond donors (Lipinski definition) is 1. The molecule has 20 heavy (non-hydrogen) atoms. The van der Waals surface area contributed by atoms with Gasteiger partial charge in [0.2, 0.25) is 0 Å². The highest BCUT2D eigenvalue weighted by molar-refractivity contribution is 5.51. The maximum atomic E-state index is 5.84. The largest absolute Gasteiger partial charge is 0.490 e. The lowest BCUT2D eigenvalue weighted by atomic mass is 10.3. The molecule has 0 atom stereocenters. The molecule has 0 fully saturated rings. The summed E-state index contributed by atoms with van der Waals surface area (Å²) in [5.41, 5.74) is 6.52. The van der Waals surface area contributed by atoms with Gasteiger partial charge in [-0.2, -0.15) is 0 Å². The van der Waals surface area contributed by atoms with Crippen LogP contribution in [0.4, 0.5) is 5.69 Å². The summed E-state index contributed by atoms with van der Waals surface area (Å²) < 4.78 is 15.9. The molecule has 0 bridgehead atoms. The Balaban J connectivity index is 2.31. The third-order valence-electron chi connectivity index (χ3n) is 3.02. The molecule has 5 nitrogen and oxygen atoms in total. The van der Waals surface area contributed by atoms with E-state index >= 15 is 0 Å². The van der Waals surface area contributed by atoms with Gasteiger partial charge in [-0.25, -0.2) is 0 Å². The first-order valence-corrected chi connectivity index (χ1v) is 6.95. The van der Waals surface area contributed by atoms with E-state index in [9.17, 15) is 0 Å². The molecule has 0 aliphatic rings. The van der Waals surface area contributed by atoms with Gasteiger partial charge in [-0.05, 0) is 18.6 Å². The lowest BCUT2D eigenvalue weighted by molar-refractivity contribution is 0.122. The Bertz CT molecular complexity index is 361. The lowest BCUT2D eigenvalue weighted by Gasteiger charge is -2.22. The first-order chi connectivity index (χ1) is 9.77. The summed E-state index contributed by atoms with van der Waals surface area (Å²) in [6.45, 7) is 4.83. The number of anilines is 1. The quantitative estimate of drug-likeness (QED) is 0.494. The molecule has 1 rings (SSSR count). The van der Waals surface area contributed by atoms with Crippen molar-refractivity contribution in [3.05, 3.63) is 24.3 Å². The highest BCUT2D eigenvalue weighted by atomic mass is 16.5. The molecule has 0 saturated carbocycles. The Kier molecular flexibility index (Phi) is 8.78. The molecule has 0 spiro atoms. The van der Waals surface area contributed by atoms with Crippen LogP contribution < -0.4 is 10.5 Å². The Morgan fingerprint density at radius 1 is 0.950 bits per heavy atom. The van der Waals surface area contributed by atoms with Crippen LogP contribution >= 0.6 is 0 Å². The second kappa shape index (κ2) is 10.5. The Labute approximate surface area is 121 Å². The zero-order chi connectivity index (χ0) is 14.6. The fraction of sp³-hybridized carbons (Fsp3) is 0.600. The van der Waals surface area contributed by atoms with E-state index in [4.69, 9.17) is 19.9 Å². The fourth-order valence-electron chi connectivity index (χ4n) is 1.88. The van der Waals surface area contributed by atoms with Gasteiger partial charge in [0, 0.05) is 40.5 Å². The molecule has 0 heterocycles. The lowest BCUT2D eigenvalue weighted by Crippen LogP contribution is -2.33. The van der Waals surface area contributed by atoms with Crippen molar-refractivity contribution in [2.45, 2.75) is 6.42 Å². The van der Waals surface area contributed by atoms with E-state index in [2.05, 4.69) is 4.90 Å². The molecule has 0 radical (unpaired) electrons. The molecule has 0 aliphatic heterocycles. The summed E-state index contributed by atoms with van der Waals surface area (Å²) >= 11 is 0. The predicted molar refractivity (Wildman–Crippen MR) is 81.2 cm³/mol. The van der Waals surface area contributed by atoms with Crippen LogP contribution in [0.2, 0.25) is 0 Å². The summed E-state index contributed by atoms with van der Waals surface area (Å²) in [5, 5.41) is 0. The summed E-state index contributed by atoms with van der Waals surface area (Å²) in [6.07, 6.45) is 1.01. The van der Waals surface area contributed by atoms with Crippen molar-refractivity contribution in [2.24, 2.45) is 0 Å². The molecule has 2 N–H and O–H groups in total. The van der Waals surface area contributed by atoms with E-state index in [0.29, 0.717) is 12.3 Å². The number of para-hydroxylation sites is 2. The van der Waals surface area contributed by atoms with Gasteiger partial charge in [0.05, 0.1) is 12.3 Å². The smallest absolute Gasteiger partial charge is 0.142 e. The van der Waals surface area contributed by atoms with Crippen molar-refractivity contribution in [1.82, 2.24) is 4.90 Å². The van der Waals surface area contributed by atoms with E-state index < -0.39 is 0 Å². The van der Waals surface area contributed by atoms with Crippen LogP contribution in [0, 0.1) is 0 Å². The molecule has 0 aromatic heterocycles. The summed E-state index contributed by atoms with van der Waals surface area (Å²) in [7, 11) is 3.44. The summed E-state index contributed by atoms with van der Waals surface area (Å²) in [6, 6.07) is 7.56. The van der Waals surface area contributed by atoms with Gasteiger partial charge in [0.25, 0.3) is 0 Å². The fourth-order valence-corrected chi connectivity index (χ4v) is 1.88. The third kappa shape index (κ3) is 6.75. The molecule has 114 valence electrons. The molecule has 0 saturated heterocycles. The van der Waals surface area contributed by atoms with E-state index in [1.54, 1.807) is 14.2 Å². The number of benzene rings is 1. The molecular weight excluding hydrogens is 256 g/mol. The molecule has 1 aromatic rings. The molecule has 0 aliphatic carbocycles. The number of methoxy groups -OCH3 is 2. The molecule has 5 heteroatoms. The predicted octanol–water partition coefficient (Wildman–Crippen LogP) is 1.63. The number of nitrogens with zero attached hydrogens (tertiary/aromatic N) is 1. The van der Waals surface area contributed by atoms with Gasteiger partial charge in [0.15, 0.2) is 0 Å². The Morgan fingerprint density at radius 2 is 1.65 bits per heavy atom. The van der Waals surface area contributed by atoms with Gasteiger partial charge in [0.1, 0.15) is 12.4 Å². The van der Waals surface area contributed by atoms with E-state index in [-0.39, 0.29) is 0 Å². The molecular formula is C15H26N2O3. The minimum Gasteiger partial charge on any atom is -0.490 e. The first-order valence-electron chi connectivity index (χ1n) is 6.95. The molecule has 1 aromatic carbocycles. The third-order valence-corrected chi connectivity index (χ3v) is 3.02. The van der Waals surface area contributed by atoms with Gasteiger partial charge in [-0.1, -0.05) is 12.1 Å². The van der Waals surface area contributed by atoms with Crippen molar-refractivity contribution in [1.29, 1.82) is 0 Å². The van der Waals surface area contributed by atoms with Gasteiger partial charge < -0.3 is 19.9 Å². The zero-order valence-corrected chi connectivity index (χ0v) is 12.5. The second-order valence-corrected chi connectivity index (χ2v) is 4.57. The van der Waals surface area contributed by atoms with Crippen LogP contribution in [0.25, 0.3) is 0 Å².